The van der Waals surface area contributed by atoms with E-state index >= 15 is 0 Å². The molecule has 0 unspecified atom stereocenters. The van der Waals surface area contributed by atoms with Gasteiger partial charge in [-0.15, -0.1) is 0 Å². The van der Waals surface area contributed by atoms with Crippen LogP contribution in [-0.4, -0.2) is 34.4 Å². The summed E-state index contributed by atoms with van der Waals surface area (Å²) in [6.45, 7) is 1.60. The second-order valence-corrected chi connectivity index (χ2v) is 6.71. The molecule has 0 saturated carbocycles. The fraction of sp³-hybridized carbons (Fsp3) is 0.350. The largest absolute Gasteiger partial charge is 0.465 e. The van der Waals surface area contributed by atoms with Crippen molar-refractivity contribution in [3.63, 3.8) is 0 Å². The molecule has 154 valence electrons. The molecule has 1 atom stereocenters. The molecular weight excluding hydrogens is 387 g/mol. The Balaban J connectivity index is 2.06. The van der Waals surface area contributed by atoms with Crippen LogP contribution in [0.4, 0.5) is 13.2 Å². The van der Waals surface area contributed by atoms with Gasteiger partial charge in [0.2, 0.25) is 5.91 Å². The van der Waals surface area contributed by atoms with Gasteiger partial charge in [0.1, 0.15) is 5.76 Å². The Bertz CT molecular complexity index is 895. The van der Waals surface area contributed by atoms with Gasteiger partial charge in [0.15, 0.2) is 6.54 Å². The summed E-state index contributed by atoms with van der Waals surface area (Å²) >= 11 is 0. The Morgan fingerprint density at radius 3 is 2.52 bits per heavy atom. The highest BCUT2D eigenvalue weighted by Crippen LogP contribution is 2.30. The van der Waals surface area contributed by atoms with Gasteiger partial charge in [-0.1, -0.05) is 31.5 Å². The first kappa shape index (κ1) is 20.6. The van der Waals surface area contributed by atoms with Crippen LogP contribution in [-0.2, 0) is 16.1 Å². The summed E-state index contributed by atoms with van der Waals surface area (Å²) in [7, 11) is 0. The van der Waals surface area contributed by atoms with Crippen LogP contribution in [0.2, 0.25) is 0 Å². The van der Waals surface area contributed by atoms with Gasteiger partial charge in [-0.25, -0.2) is 9.79 Å². The molecular formula is C20H21F3N3O3+. The van der Waals surface area contributed by atoms with Crippen molar-refractivity contribution in [1.82, 2.24) is 10.2 Å². The van der Waals surface area contributed by atoms with Crippen molar-refractivity contribution in [3.8, 4) is 0 Å². The highest BCUT2D eigenvalue weighted by molar-refractivity contribution is 6.11. The topological polar surface area (TPSA) is 76.5 Å². The first-order valence-corrected chi connectivity index (χ1v) is 9.21. The lowest BCUT2D eigenvalue weighted by atomic mass is 10.1. The summed E-state index contributed by atoms with van der Waals surface area (Å²) in [6.07, 6.45) is -2.75. The van der Waals surface area contributed by atoms with Crippen molar-refractivity contribution in [2.45, 2.75) is 44.6 Å². The van der Waals surface area contributed by atoms with Crippen LogP contribution in [0.1, 0.15) is 37.5 Å². The minimum absolute atomic E-state index is 0.0554. The summed E-state index contributed by atoms with van der Waals surface area (Å²) < 4.78 is 47.6. The SMILES string of the molecule is CCCCC(=O)N[C@@]1(C(F)(F)F)[NH+]=C(c2ccccc2)N(Cc2ccco2)C1=O. The number of benzene rings is 1. The molecule has 29 heavy (non-hydrogen) atoms. The number of nitrogens with zero attached hydrogens (tertiary/aromatic N) is 1. The standard InChI is InChI=1S/C20H20F3N3O3/c1-2-3-11-16(27)24-19(20(21,22)23)18(28)26(13-15-10-7-12-29-15)17(25-19)14-8-5-4-6-9-14/h4-10,12H,2-3,11,13H2,1H3,(H,24,27)/p+1/t19-/m1/s1. The molecule has 6 nitrogen and oxygen atoms in total. The van der Waals surface area contributed by atoms with Crippen molar-refractivity contribution >= 4 is 17.6 Å². The molecule has 1 aromatic carbocycles. The first-order valence-electron chi connectivity index (χ1n) is 9.21. The third-order valence-electron chi connectivity index (χ3n) is 4.59. The summed E-state index contributed by atoms with van der Waals surface area (Å²) in [6, 6.07) is 11.3. The number of hydrogen-bond acceptors (Lipinski definition) is 3. The number of alkyl halides is 3. The van der Waals surface area contributed by atoms with E-state index in [4.69, 9.17) is 4.42 Å². The number of nitrogens with one attached hydrogen (secondary N) is 2. The van der Waals surface area contributed by atoms with E-state index in [1.165, 1.54) is 6.26 Å². The third kappa shape index (κ3) is 4.03. The van der Waals surface area contributed by atoms with E-state index in [0.717, 1.165) is 4.90 Å². The Kier molecular flexibility index (Phi) is 5.76. The number of hydrogen-bond donors (Lipinski definition) is 2. The minimum Gasteiger partial charge on any atom is -0.465 e. The molecule has 1 aliphatic rings. The van der Waals surface area contributed by atoms with E-state index in [-0.39, 0.29) is 18.8 Å². The second kappa shape index (κ2) is 8.10. The van der Waals surface area contributed by atoms with Gasteiger partial charge in [0.25, 0.3) is 5.84 Å². The van der Waals surface area contributed by atoms with Gasteiger partial charge >= 0.3 is 17.7 Å². The zero-order valence-electron chi connectivity index (χ0n) is 15.8. The summed E-state index contributed by atoms with van der Waals surface area (Å²) in [4.78, 5) is 28.5. The fourth-order valence-electron chi connectivity index (χ4n) is 3.09. The molecule has 2 amide bonds. The number of furan rings is 1. The van der Waals surface area contributed by atoms with Crippen molar-refractivity contribution < 1.29 is 32.2 Å². The number of carbonyl (C=O) groups excluding carboxylic acids is 2. The van der Waals surface area contributed by atoms with Gasteiger partial charge in [-0.05, 0) is 30.7 Å². The number of amidine groups is 1. The Hall–Kier alpha value is -3.10. The smallest absolute Gasteiger partial charge is 0.465 e. The monoisotopic (exact) mass is 408 g/mol. The molecule has 0 aliphatic carbocycles. The highest BCUT2D eigenvalue weighted by Gasteiger charge is 2.72. The maximum atomic E-state index is 14.1. The number of amides is 2. The van der Waals surface area contributed by atoms with Gasteiger partial charge < -0.3 is 4.42 Å². The van der Waals surface area contributed by atoms with Crippen LogP contribution in [0.15, 0.2) is 53.1 Å². The van der Waals surface area contributed by atoms with E-state index < -0.39 is 23.7 Å². The average molecular weight is 408 g/mol. The molecule has 2 N–H and O–H groups in total. The predicted octanol–water partition coefficient (Wildman–Crippen LogP) is 1.71. The van der Waals surface area contributed by atoms with Crippen LogP contribution in [0, 0.1) is 0 Å². The van der Waals surface area contributed by atoms with E-state index in [1.807, 2.05) is 12.2 Å². The maximum Gasteiger partial charge on any atom is 0.465 e. The van der Waals surface area contributed by atoms with Gasteiger partial charge in [0.05, 0.1) is 11.8 Å². The number of unbranched alkanes of at least 4 members (excludes halogenated alkanes) is 1. The molecule has 3 rings (SSSR count). The molecule has 0 saturated heterocycles. The molecule has 0 spiro atoms. The van der Waals surface area contributed by atoms with Crippen LogP contribution < -0.4 is 10.3 Å². The average Bonchev–Trinajstić information content (AvgIpc) is 3.29. The van der Waals surface area contributed by atoms with Crippen molar-refractivity contribution in [2.75, 3.05) is 0 Å². The molecule has 2 aromatic rings. The lowest BCUT2D eigenvalue weighted by Crippen LogP contribution is -2.96. The molecule has 0 fully saturated rings. The minimum atomic E-state index is -5.07. The Morgan fingerprint density at radius 2 is 1.93 bits per heavy atom. The second-order valence-electron chi connectivity index (χ2n) is 6.71. The third-order valence-corrected chi connectivity index (χ3v) is 4.59. The fourth-order valence-corrected chi connectivity index (χ4v) is 3.09. The summed E-state index contributed by atoms with van der Waals surface area (Å²) in [5, 5.41) is 1.91. The van der Waals surface area contributed by atoms with E-state index in [1.54, 1.807) is 42.5 Å². The molecule has 2 heterocycles. The quantitative estimate of drug-likeness (QED) is 0.733. The van der Waals surface area contributed by atoms with Gasteiger partial charge in [0, 0.05) is 6.42 Å². The molecule has 0 radical (unpaired) electrons. The predicted molar refractivity (Wildman–Crippen MR) is 97.2 cm³/mol. The van der Waals surface area contributed by atoms with Crippen molar-refractivity contribution in [1.29, 1.82) is 0 Å². The van der Waals surface area contributed by atoms with Crippen molar-refractivity contribution in [2.24, 2.45) is 0 Å². The Morgan fingerprint density at radius 1 is 1.21 bits per heavy atom. The lowest BCUT2D eigenvalue weighted by Gasteiger charge is -2.24. The highest BCUT2D eigenvalue weighted by atomic mass is 19.4. The maximum absolute atomic E-state index is 14.1. The zero-order valence-corrected chi connectivity index (χ0v) is 15.8. The molecule has 0 bridgehead atoms. The molecule has 1 aromatic heterocycles. The molecule has 9 heteroatoms. The van der Waals surface area contributed by atoms with Crippen LogP contribution in [0.5, 0.6) is 0 Å². The van der Waals surface area contributed by atoms with Crippen LogP contribution in [0.25, 0.3) is 0 Å². The zero-order chi connectivity index (χ0) is 21.1. The lowest BCUT2D eigenvalue weighted by molar-refractivity contribution is -0.581. The number of rotatable bonds is 7. The normalized spacial score (nSPS) is 19.4. The van der Waals surface area contributed by atoms with Gasteiger partial charge in [-0.3, -0.25) is 10.1 Å². The van der Waals surface area contributed by atoms with Crippen LogP contribution in [0.3, 0.4) is 0 Å². The number of halogens is 3. The van der Waals surface area contributed by atoms with E-state index in [2.05, 4.69) is 4.99 Å². The van der Waals surface area contributed by atoms with Gasteiger partial charge in [-0.2, -0.15) is 18.1 Å². The van der Waals surface area contributed by atoms with Crippen molar-refractivity contribution in [3.05, 3.63) is 60.1 Å². The van der Waals surface area contributed by atoms with Crippen LogP contribution >= 0.6 is 0 Å². The van der Waals surface area contributed by atoms with E-state index in [0.29, 0.717) is 24.2 Å². The molecule has 1 aliphatic heterocycles. The summed E-state index contributed by atoms with van der Waals surface area (Å²) in [5.74, 6) is -1.91. The van der Waals surface area contributed by atoms with E-state index in [9.17, 15) is 22.8 Å². The summed E-state index contributed by atoms with van der Waals surface area (Å²) in [5.41, 5.74) is -2.86. The number of carbonyl (C=O) groups is 2. The Labute approximate surface area is 165 Å². The first-order chi connectivity index (χ1) is 13.8.